The highest BCUT2D eigenvalue weighted by Gasteiger charge is 2.23. The van der Waals surface area contributed by atoms with E-state index in [-0.39, 0.29) is 23.9 Å². The fourth-order valence-corrected chi connectivity index (χ4v) is 3.60. The summed E-state index contributed by atoms with van der Waals surface area (Å²) in [6.07, 6.45) is 1.73. The second-order valence-electron chi connectivity index (χ2n) is 10.0. The standard InChI is InChI=1S/C28H37N5O2/c1-7-8-16-32(27(35)29-22-11-9-10-21(3)17-22)19-26(34)30-25-18-24(28(4,5)6)31-33(25)23-14-12-20(2)13-15-23/h9-15,17-18H,7-8,16,19H2,1-6H3,(H,29,35)(H,30,34). The number of nitrogens with zero attached hydrogens (tertiary/aromatic N) is 3. The first-order valence-electron chi connectivity index (χ1n) is 12.2. The Balaban J connectivity index is 1.80. The summed E-state index contributed by atoms with van der Waals surface area (Å²) in [5, 5.41) is 10.7. The molecule has 0 aliphatic carbocycles. The molecular weight excluding hydrogens is 438 g/mol. The van der Waals surface area contributed by atoms with Crippen molar-refractivity contribution in [3.63, 3.8) is 0 Å². The number of hydrogen-bond acceptors (Lipinski definition) is 3. The van der Waals surface area contributed by atoms with Crippen molar-refractivity contribution < 1.29 is 9.59 Å². The number of hydrogen-bond donors (Lipinski definition) is 2. The topological polar surface area (TPSA) is 79.3 Å². The zero-order chi connectivity index (χ0) is 25.6. The number of aromatic nitrogens is 2. The van der Waals surface area contributed by atoms with Crippen LogP contribution in [-0.4, -0.2) is 39.7 Å². The van der Waals surface area contributed by atoms with Crippen LogP contribution in [0, 0.1) is 13.8 Å². The van der Waals surface area contributed by atoms with Crippen LogP contribution in [-0.2, 0) is 10.2 Å². The van der Waals surface area contributed by atoms with Crippen LogP contribution >= 0.6 is 0 Å². The third kappa shape index (κ3) is 7.18. The lowest BCUT2D eigenvalue weighted by molar-refractivity contribution is -0.116. The van der Waals surface area contributed by atoms with Gasteiger partial charge in [0.1, 0.15) is 12.4 Å². The number of carbonyl (C=O) groups is 2. The van der Waals surface area contributed by atoms with Crippen molar-refractivity contribution in [3.05, 3.63) is 71.4 Å². The second-order valence-corrected chi connectivity index (χ2v) is 10.0. The molecule has 1 aromatic heterocycles. The lowest BCUT2D eigenvalue weighted by atomic mass is 9.92. The van der Waals surface area contributed by atoms with Crippen molar-refractivity contribution in [1.29, 1.82) is 0 Å². The maximum Gasteiger partial charge on any atom is 0.322 e. The molecule has 0 bridgehead atoms. The highest BCUT2D eigenvalue weighted by atomic mass is 16.2. The predicted octanol–water partition coefficient (Wildman–Crippen LogP) is 6.06. The van der Waals surface area contributed by atoms with E-state index in [0.29, 0.717) is 18.1 Å². The Kier molecular flexibility index (Phi) is 8.33. The lowest BCUT2D eigenvalue weighted by Crippen LogP contribution is -2.41. The van der Waals surface area contributed by atoms with Gasteiger partial charge in [0, 0.05) is 23.7 Å². The van der Waals surface area contributed by atoms with E-state index >= 15 is 0 Å². The summed E-state index contributed by atoms with van der Waals surface area (Å²) >= 11 is 0. The van der Waals surface area contributed by atoms with Gasteiger partial charge in [0.25, 0.3) is 0 Å². The van der Waals surface area contributed by atoms with E-state index in [1.54, 1.807) is 9.58 Å². The molecule has 0 saturated carbocycles. The minimum atomic E-state index is -0.290. The normalized spacial score (nSPS) is 11.3. The summed E-state index contributed by atoms with van der Waals surface area (Å²) in [5.41, 5.74) is 4.46. The third-order valence-electron chi connectivity index (χ3n) is 5.70. The molecule has 35 heavy (non-hydrogen) atoms. The molecule has 0 unspecified atom stereocenters. The Morgan fingerprint density at radius 2 is 1.69 bits per heavy atom. The van der Waals surface area contributed by atoms with Crippen molar-refractivity contribution in [1.82, 2.24) is 14.7 Å². The van der Waals surface area contributed by atoms with Gasteiger partial charge in [-0.15, -0.1) is 0 Å². The molecule has 2 aromatic carbocycles. The molecule has 7 heteroatoms. The Bertz CT molecular complexity index is 1160. The maximum atomic E-state index is 13.1. The lowest BCUT2D eigenvalue weighted by Gasteiger charge is -2.22. The smallest absolute Gasteiger partial charge is 0.315 e. The van der Waals surface area contributed by atoms with Gasteiger partial charge in [-0.25, -0.2) is 9.48 Å². The van der Waals surface area contributed by atoms with Crippen molar-refractivity contribution >= 4 is 23.4 Å². The van der Waals surface area contributed by atoms with Gasteiger partial charge in [-0.2, -0.15) is 5.10 Å². The van der Waals surface area contributed by atoms with Crippen LogP contribution in [0.5, 0.6) is 0 Å². The van der Waals surface area contributed by atoms with Crippen LogP contribution in [0.15, 0.2) is 54.6 Å². The van der Waals surface area contributed by atoms with Crippen molar-refractivity contribution in [2.45, 2.75) is 59.8 Å². The summed E-state index contributed by atoms with van der Waals surface area (Å²) in [5.74, 6) is 0.313. The number of benzene rings is 2. The Hall–Kier alpha value is -3.61. The molecule has 3 rings (SSSR count). The second kappa shape index (κ2) is 11.2. The molecule has 2 N–H and O–H groups in total. The fraction of sp³-hybridized carbons (Fsp3) is 0.393. The molecule has 0 aliphatic heterocycles. The zero-order valence-electron chi connectivity index (χ0n) is 21.7. The molecular formula is C28H37N5O2. The van der Waals surface area contributed by atoms with Crippen LogP contribution < -0.4 is 10.6 Å². The minimum absolute atomic E-state index is 0.0540. The SMILES string of the molecule is CCCCN(CC(=O)Nc1cc(C(C)(C)C)nn1-c1ccc(C)cc1)C(=O)Nc1cccc(C)c1. The number of anilines is 2. The van der Waals surface area contributed by atoms with Gasteiger partial charge < -0.3 is 15.5 Å². The van der Waals surface area contributed by atoms with Crippen LogP contribution in [0.3, 0.4) is 0 Å². The van der Waals surface area contributed by atoms with Gasteiger partial charge in [-0.1, -0.05) is 63.9 Å². The molecule has 3 aromatic rings. The average Bonchev–Trinajstić information content (AvgIpc) is 3.21. The van der Waals surface area contributed by atoms with E-state index in [2.05, 4.69) is 38.3 Å². The zero-order valence-corrected chi connectivity index (χ0v) is 21.7. The minimum Gasteiger partial charge on any atom is -0.315 e. The van der Waals surface area contributed by atoms with E-state index in [1.807, 2.05) is 68.4 Å². The summed E-state index contributed by atoms with van der Waals surface area (Å²) in [6.45, 7) is 12.8. The maximum absolute atomic E-state index is 13.1. The van der Waals surface area contributed by atoms with E-state index in [0.717, 1.165) is 35.3 Å². The number of carbonyl (C=O) groups excluding carboxylic acids is 2. The first-order valence-corrected chi connectivity index (χ1v) is 12.2. The van der Waals surface area contributed by atoms with Crippen LogP contribution in [0.1, 0.15) is 57.4 Å². The monoisotopic (exact) mass is 475 g/mol. The number of unbranched alkanes of at least 4 members (excludes halogenated alkanes) is 1. The molecule has 0 atom stereocenters. The van der Waals surface area contributed by atoms with Gasteiger partial charge in [-0.3, -0.25) is 4.79 Å². The first kappa shape index (κ1) is 26.0. The van der Waals surface area contributed by atoms with Gasteiger partial charge in [0.15, 0.2) is 0 Å². The molecule has 7 nitrogen and oxygen atoms in total. The van der Waals surface area contributed by atoms with Crippen LogP contribution in [0.25, 0.3) is 5.69 Å². The van der Waals surface area contributed by atoms with Crippen molar-refractivity contribution in [2.75, 3.05) is 23.7 Å². The summed E-state index contributed by atoms with van der Waals surface area (Å²) in [4.78, 5) is 27.7. The van der Waals surface area contributed by atoms with Crippen LogP contribution in [0.4, 0.5) is 16.3 Å². The number of rotatable bonds is 8. The molecule has 186 valence electrons. The molecule has 3 amide bonds. The van der Waals surface area contributed by atoms with Gasteiger partial charge in [-0.05, 0) is 50.1 Å². The highest BCUT2D eigenvalue weighted by molar-refractivity contribution is 5.96. The molecule has 0 radical (unpaired) electrons. The average molecular weight is 476 g/mol. The molecule has 1 heterocycles. The predicted molar refractivity (Wildman–Crippen MR) is 142 cm³/mol. The molecule has 0 spiro atoms. The fourth-order valence-electron chi connectivity index (χ4n) is 3.60. The highest BCUT2D eigenvalue weighted by Crippen LogP contribution is 2.26. The van der Waals surface area contributed by atoms with Gasteiger partial charge in [0.05, 0.1) is 11.4 Å². The first-order chi connectivity index (χ1) is 16.6. The number of amides is 3. The number of nitrogens with one attached hydrogen (secondary N) is 2. The van der Waals surface area contributed by atoms with E-state index in [1.165, 1.54) is 0 Å². The van der Waals surface area contributed by atoms with Crippen LogP contribution in [0.2, 0.25) is 0 Å². The number of urea groups is 1. The Morgan fingerprint density at radius 1 is 0.971 bits per heavy atom. The third-order valence-corrected chi connectivity index (χ3v) is 5.70. The molecule has 0 fully saturated rings. The summed E-state index contributed by atoms with van der Waals surface area (Å²) in [6, 6.07) is 17.2. The van der Waals surface area contributed by atoms with E-state index < -0.39 is 0 Å². The van der Waals surface area contributed by atoms with E-state index in [9.17, 15) is 9.59 Å². The summed E-state index contributed by atoms with van der Waals surface area (Å²) in [7, 11) is 0. The molecule has 0 aliphatic rings. The van der Waals surface area contributed by atoms with Crippen molar-refractivity contribution in [3.8, 4) is 5.69 Å². The van der Waals surface area contributed by atoms with E-state index in [4.69, 9.17) is 5.10 Å². The summed E-state index contributed by atoms with van der Waals surface area (Å²) < 4.78 is 1.75. The van der Waals surface area contributed by atoms with Gasteiger partial charge in [0.2, 0.25) is 5.91 Å². The molecule has 0 saturated heterocycles. The largest absolute Gasteiger partial charge is 0.322 e. The number of aryl methyl sites for hydroxylation is 2. The Labute approximate surface area is 208 Å². The van der Waals surface area contributed by atoms with Gasteiger partial charge >= 0.3 is 6.03 Å². The quantitative estimate of drug-likeness (QED) is 0.416. The Morgan fingerprint density at radius 3 is 2.31 bits per heavy atom. The van der Waals surface area contributed by atoms with Crippen molar-refractivity contribution in [2.24, 2.45) is 0 Å².